The lowest BCUT2D eigenvalue weighted by atomic mass is 10.2. The summed E-state index contributed by atoms with van der Waals surface area (Å²) in [6.07, 6.45) is 4.12. The SMILES string of the molecule is CCC(NC(=O)c1ccc(CN)o1)c1ncc[nH]1. The molecule has 4 N–H and O–H groups in total. The Morgan fingerprint density at radius 2 is 2.44 bits per heavy atom. The summed E-state index contributed by atoms with van der Waals surface area (Å²) in [5, 5.41) is 2.86. The number of H-pyrrole nitrogens is 1. The molecule has 0 aliphatic heterocycles. The Balaban J connectivity index is 2.06. The summed E-state index contributed by atoms with van der Waals surface area (Å²) in [6.45, 7) is 2.25. The van der Waals surface area contributed by atoms with Crippen LogP contribution in [0, 0.1) is 0 Å². The van der Waals surface area contributed by atoms with Crippen LogP contribution in [0.4, 0.5) is 0 Å². The fourth-order valence-electron chi connectivity index (χ4n) is 1.67. The summed E-state index contributed by atoms with van der Waals surface area (Å²) in [5.74, 6) is 1.32. The summed E-state index contributed by atoms with van der Waals surface area (Å²) in [4.78, 5) is 19.1. The van der Waals surface area contributed by atoms with Crippen LogP contribution in [-0.4, -0.2) is 15.9 Å². The highest BCUT2D eigenvalue weighted by molar-refractivity contribution is 5.91. The highest BCUT2D eigenvalue weighted by Gasteiger charge is 2.18. The van der Waals surface area contributed by atoms with Gasteiger partial charge in [-0.05, 0) is 18.6 Å². The van der Waals surface area contributed by atoms with Gasteiger partial charge in [0.25, 0.3) is 5.91 Å². The Labute approximate surface area is 105 Å². The molecule has 2 aromatic rings. The summed E-state index contributed by atoms with van der Waals surface area (Å²) >= 11 is 0. The van der Waals surface area contributed by atoms with Crippen molar-refractivity contribution in [3.05, 3.63) is 41.9 Å². The molecule has 1 amide bonds. The number of nitrogens with zero attached hydrogens (tertiary/aromatic N) is 1. The number of hydrogen-bond donors (Lipinski definition) is 3. The van der Waals surface area contributed by atoms with Crippen LogP contribution in [0.3, 0.4) is 0 Å². The molecule has 6 heteroatoms. The fraction of sp³-hybridized carbons (Fsp3) is 0.333. The second-order valence-electron chi connectivity index (χ2n) is 3.88. The first-order chi connectivity index (χ1) is 8.74. The normalized spacial score (nSPS) is 12.3. The van der Waals surface area contributed by atoms with Crippen molar-refractivity contribution in [3.63, 3.8) is 0 Å². The van der Waals surface area contributed by atoms with E-state index in [2.05, 4.69) is 15.3 Å². The molecule has 0 aliphatic rings. The molecule has 0 saturated carbocycles. The number of nitrogens with one attached hydrogen (secondary N) is 2. The van der Waals surface area contributed by atoms with Gasteiger partial charge in [0.1, 0.15) is 11.6 Å². The molecule has 18 heavy (non-hydrogen) atoms. The quantitative estimate of drug-likeness (QED) is 0.743. The fourth-order valence-corrected chi connectivity index (χ4v) is 1.67. The summed E-state index contributed by atoms with van der Waals surface area (Å²) in [7, 11) is 0. The average molecular weight is 248 g/mol. The first kappa shape index (κ1) is 12.4. The maximum Gasteiger partial charge on any atom is 0.287 e. The number of imidazole rings is 1. The van der Waals surface area contributed by atoms with E-state index in [0.717, 1.165) is 12.2 Å². The molecule has 96 valence electrons. The molecule has 2 aromatic heterocycles. The molecule has 1 unspecified atom stereocenters. The number of furan rings is 1. The lowest BCUT2D eigenvalue weighted by Gasteiger charge is -2.13. The van der Waals surface area contributed by atoms with E-state index in [1.165, 1.54) is 0 Å². The Kier molecular flexibility index (Phi) is 3.78. The molecule has 2 heterocycles. The molecular formula is C12H16N4O2. The third kappa shape index (κ3) is 2.60. The maximum absolute atomic E-state index is 12.0. The summed E-state index contributed by atoms with van der Waals surface area (Å²) < 4.78 is 5.29. The highest BCUT2D eigenvalue weighted by atomic mass is 16.4. The van der Waals surface area contributed by atoms with Gasteiger partial charge in [-0.2, -0.15) is 0 Å². The Bertz CT molecular complexity index is 504. The van der Waals surface area contributed by atoms with E-state index in [0.29, 0.717) is 5.76 Å². The largest absolute Gasteiger partial charge is 0.455 e. The first-order valence-electron chi connectivity index (χ1n) is 5.83. The van der Waals surface area contributed by atoms with Crippen LogP contribution in [0.25, 0.3) is 0 Å². The van der Waals surface area contributed by atoms with Crippen molar-refractivity contribution in [2.75, 3.05) is 0 Å². The molecule has 0 saturated heterocycles. The number of aromatic amines is 1. The van der Waals surface area contributed by atoms with E-state index in [4.69, 9.17) is 10.2 Å². The Morgan fingerprint density at radius 3 is 3.00 bits per heavy atom. The molecule has 1 atom stereocenters. The van der Waals surface area contributed by atoms with Gasteiger partial charge in [-0.15, -0.1) is 0 Å². The molecular weight excluding hydrogens is 232 g/mol. The van der Waals surface area contributed by atoms with Crippen LogP contribution in [0.1, 0.15) is 41.5 Å². The smallest absolute Gasteiger partial charge is 0.287 e. The van der Waals surface area contributed by atoms with Crippen LogP contribution < -0.4 is 11.1 Å². The van der Waals surface area contributed by atoms with Gasteiger partial charge in [-0.25, -0.2) is 4.98 Å². The Hall–Kier alpha value is -2.08. The van der Waals surface area contributed by atoms with Crippen molar-refractivity contribution in [1.29, 1.82) is 0 Å². The van der Waals surface area contributed by atoms with E-state index in [9.17, 15) is 4.79 Å². The first-order valence-corrected chi connectivity index (χ1v) is 5.83. The van der Waals surface area contributed by atoms with Gasteiger partial charge in [0, 0.05) is 12.4 Å². The number of carbonyl (C=O) groups is 1. The number of aromatic nitrogens is 2. The second-order valence-corrected chi connectivity index (χ2v) is 3.88. The maximum atomic E-state index is 12.0. The molecule has 0 spiro atoms. The van der Waals surface area contributed by atoms with Gasteiger partial charge in [0.2, 0.25) is 0 Å². The van der Waals surface area contributed by atoms with E-state index < -0.39 is 0 Å². The molecule has 0 fully saturated rings. The van der Waals surface area contributed by atoms with Crippen molar-refractivity contribution in [2.24, 2.45) is 5.73 Å². The number of carbonyl (C=O) groups excluding carboxylic acids is 1. The predicted octanol–water partition coefficient (Wildman–Crippen LogP) is 1.34. The zero-order chi connectivity index (χ0) is 13.0. The van der Waals surface area contributed by atoms with Crippen LogP contribution in [0.15, 0.2) is 28.9 Å². The third-order valence-electron chi connectivity index (χ3n) is 2.65. The topological polar surface area (TPSA) is 96.9 Å². The number of hydrogen-bond acceptors (Lipinski definition) is 4. The second kappa shape index (κ2) is 5.50. The third-order valence-corrected chi connectivity index (χ3v) is 2.65. The van der Waals surface area contributed by atoms with E-state index in [-0.39, 0.29) is 24.3 Å². The van der Waals surface area contributed by atoms with Crippen molar-refractivity contribution in [1.82, 2.24) is 15.3 Å². The van der Waals surface area contributed by atoms with Gasteiger partial charge < -0.3 is 20.5 Å². The lowest BCUT2D eigenvalue weighted by molar-refractivity contribution is 0.0904. The summed E-state index contributed by atoms with van der Waals surface area (Å²) in [5.41, 5.74) is 5.43. The minimum Gasteiger partial charge on any atom is -0.455 e. The minimum atomic E-state index is -0.266. The van der Waals surface area contributed by atoms with Crippen molar-refractivity contribution < 1.29 is 9.21 Å². The zero-order valence-electron chi connectivity index (χ0n) is 10.1. The molecule has 0 bridgehead atoms. The number of rotatable bonds is 5. The van der Waals surface area contributed by atoms with E-state index in [1.807, 2.05) is 6.92 Å². The molecule has 2 rings (SSSR count). The molecule has 0 aliphatic carbocycles. The monoisotopic (exact) mass is 248 g/mol. The molecule has 0 aromatic carbocycles. The standard InChI is InChI=1S/C12H16N4O2/c1-2-9(11-14-5-6-15-11)16-12(17)10-4-3-8(7-13)18-10/h3-6,9H,2,7,13H2,1H3,(H,14,15)(H,16,17). The van der Waals surface area contributed by atoms with Gasteiger partial charge in [0.05, 0.1) is 12.6 Å². The molecule has 0 radical (unpaired) electrons. The highest BCUT2D eigenvalue weighted by Crippen LogP contribution is 2.14. The summed E-state index contributed by atoms with van der Waals surface area (Å²) in [6, 6.07) is 3.16. The van der Waals surface area contributed by atoms with Gasteiger partial charge in [0.15, 0.2) is 5.76 Å². The van der Waals surface area contributed by atoms with Gasteiger partial charge in [-0.3, -0.25) is 4.79 Å². The van der Waals surface area contributed by atoms with Crippen LogP contribution in [0.2, 0.25) is 0 Å². The van der Waals surface area contributed by atoms with Crippen molar-refractivity contribution >= 4 is 5.91 Å². The lowest BCUT2D eigenvalue weighted by Crippen LogP contribution is -2.28. The van der Waals surface area contributed by atoms with Crippen LogP contribution in [-0.2, 0) is 6.54 Å². The minimum absolute atomic E-state index is 0.154. The predicted molar refractivity (Wildman–Crippen MR) is 65.7 cm³/mol. The zero-order valence-corrected chi connectivity index (χ0v) is 10.1. The molecule has 6 nitrogen and oxygen atoms in total. The van der Waals surface area contributed by atoms with Crippen molar-refractivity contribution in [2.45, 2.75) is 25.9 Å². The van der Waals surface area contributed by atoms with Crippen LogP contribution in [0.5, 0.6) is 0 Å². The average Bonchev–Trinajstić information content (AvgIpc) is 3.05. The van der Waals surface area contributed by atoms with E-state index in [1.54, 1.807) is 24.5 Å². The van der Waals surface area contributed by atoms with Crippen LogP contribution >= 0.6 is 0 Å². The van der Waals surface area contributed by atoms with Gasteiger partial charge in [-0.1, -0.05) is 6.92 Å². The number of amides is 1. The van der Waals surface area contributed by atoms with Gasteiger partial charge >= 0.3 is 0 Å². The van der Waals surface area contributed by atoms with E-state index >= 15 is 0 Å². The Morgan fingerprint density at radius 1 is 1.61 bits per heavy atom. The number of nitrogens with two attached hydrogens (primary N) is 1. The van der Waals surface area contributed by atoms with Crippen molar-refractivity contribution in [3.8, 4) is 0 Å².